The highest BCUT2D eigenvalue weighted by atomic mass is 16.6. The van der Waals surface area contributed by atoms with Gasteiger partial charge in [0.2, 0.25) is 5.60 Å². The van der Waals surface area contributed by atoms with Crippen molar-refractivity contribution >= 4 is 28.8 Å². The number of hydrogen-bond acceptors (Lipinski definition) is 12. The van der Waals surface area contributed by atoms with Crippen LogP contribution in [0.5, 0.6) is 0 Å². The molecule has 4 unspecified atom stereocenters. The molecule has 9 rings (SSSR count). The van der Waals surface area contributed by atoms with Crippen LogP contribution in [0, 0.1) is 29.1 Å². The van der Waals surface area contributed by atoms with Gasteiger partial charge in [-0.3, -0.25) is 19.4 Å². The summed E-state index contributed by atoms with van der Waals surface area (Å²) < 4.78 is 29.7. The number of fused-ring (bicyclic) bond motifs is 6. The number of piperidine rings is 1. The first-order chi connectivity index (χ1) is 28.8. The maximum atomic E-state index is 15.3. The summed E-state index contributed by atoms with van der Waals surface area (Å²) in [4.78, 5) is 53.6. The predicted molar refractivity (Wildman–Crippen MR) is 223 cm³/mol. The van der Waals surface area contributed by atoms with Gasteiger partial charge in [-0.1, -0.05) is 44.1 Å². The van der Waals surface area contributed by atoms with Crippen LogP contribution in [-0.4, -0.2) is 134 Å². The second-order valence-corrected chi connectivity index (χ2v) is 18.6. The molecule has 3 saturated heterocycles. The van der Waals surface area contributed by atoms with E-state index in [4.69, 9.17) is 23.7 Å². The molecule has 12 atom stereocenters. The molecule has 2 N–H and O–H groups in total. The molecule has 5 aliphatic heterocycles. The van der Waals surface area contributed by atoms with Crippen molar-refractivity contribution in [2.75, 3.05) is 61.7 Å². The van der Waals surface area contributed by atoms with E-state index in [-0.39, 0.29) is 29.8 Å². The second-order valence-electron chi connectivity index (χ2n) is 18.6. The van der Waals surface area contributed by atoms with Crippen LogP contribution in [-0.2, 0) is 56.6 Å². The molecule has 1 aromatic carbocycles. The Hall–Kier alpha value is -4.01. The van der Waals surface area contributed by atoms with Crippen LogP contribution in [0.15, 0.2) is 53.3 Å². The van der Waals surface area contributed by atoms with Gasteiger partial charge in [0, 0.05) is 93.4 Å². The van der Waals surface area contributed by atoms with Crippen LogP contribution >= 0.6 is 0 Å². The number of likely N-dealkylation sites (tertiary alicyclic amines) is 1. The molecule has 13 nitrogen and oxygen atoms in total. The standard InChI is InChI=1S/C47H62N4O9/c1-9-27-17-29-21-46(43(53)58-7,39-32(24-50(22-27)23-29)31-18-28(25-56-5)11-12-35(31)48-39)34-19-33-36(20-37(34)57-6)49(4)42-45(33)14-16-51-15-13-30(10-2)38(40(45)51)41(60-26(3)52)47(42,55)44(54)59-8/h11-12,17-20,29-30,34,37-38,40-42,48,55H,9-10,13-16,21-25H2,1-8H3/t29-,30+,34?,37?,38?,40+,41-,42-,45-,46+,47-/m1/s1. The lowest BCUT2D eigenvalue weighted by Gasteiger charge is -2.61. The van der Waals surface area contributed by atoms with Crippen LogP contribution in [0.1, 0.15) is 69.7 Å². The Balaban J connectivity index is 1.32. The summed E-state index contributed by atoms with van der Waals surface area (Å²) in [6.45, 7) is 10.1. The number of ether oxygens (including phenoxy) is 5. The van der Waals surface area contributed by atoms with Gasteiger partial charge in [-0.25, -0.2) is 4.79 Å². The summed E-state index contributed by atoms with van der Waals surface area (Å²) in [7, 11) is 8.07. The Morgan fingerprint density at radius 1 is 1.00 bits per heavy atom. The lowest BCUT2D eigenvalue weighted by Crippen LogP contribution is -2.77. The summed E-state index contributed by atoms with van der Waals surface area (Å²) in [5.74, 6) is -2.49. The molecule has 4 fully saturated rings. The monoisotopic (exact) mass is 826 g/mol. The molecule has 1 spiro atoms. The van der Waals surface area contributed by atoms with Crippen LogP contribution in [0.4, 0.5) is 0 Å². The number of rotatable bonds is 9. The van der Waals surface area contributed by atoms with Gasteiger partial charge in [-0.05, 0) is 85.5 Å². The smallest absolute Gasteiger partial charge is 0.344 e. The highest BCUT2D eigenvalue weighted by Gasteiger charge is 2.79. The van der Waals surface area contributed by atoms with Gasteiger partial charge in [-0.2, -0.15) is 0 Å². The van der Waals surface area contributed by atoms with E-state index in [9.17, 15) is 14.7 Å². The van der Waals surface area contributed by atoms with Crippen molar-refractivity contribution in [2.24, 2.45) is 29.1 Å². The highest BCUT2D eigenvalue weighted by molar-refractivity contribution is 5.92. The fourth-order valence-electron chi connectivity index (χ4n) is 13.8. The molecule has 0 radical (unpaired) electrons. The SMILES string of the molecule is CCC1=C[C@H]2CN(C1)Cc1c([nH]c3ccc(COC)cc13)[C@@](C(=O)OC)(C1C=C3C(=CC1OC)N(C)[C@H]1[C@@](O)(C(=O)OC)[C@H](OC(C)=O)C4[C@@H](CC)CCN5CC[C@]31[C@H]45)C2. The number of allylic oxidation sites excluding steroid dienone is 1. The Kier molecular flexibility index (Phi) is 10.4. The number of methoxy groups -OCH3 is 4. The minimum atomic E-state index is -2.20. The topological polar surface area (TPSA) is 143 Å². The molecule has 6 heterocycles. The predicted octanol–water partition coefficient (Wildman–Crippen LogP) is 4.62. The quantitative estimate of drug-likeness (QED) is 0.207. The van der Waals surface area contributed by atoms with E-state index in [2.05, 4.69) is 65.1 Å². The number of nitrogens with one attached hydrogen (secondary N) is 1. The Morgan fingerprint density at radius 3 is 2.47 bits per heavy atom. The van der Waals surface area contributed by atoms with Crippen LogP contribution in [0.2, 0.25) is 0 Å². The minimum Gasteiger partial charge on any atom is -0.468 e. The number of aromatic amines is 1. The lowest BCUT2D eigenvalue weighted by molar-refractivity contribution is -0.238. The van der Waals surface area contributed by atoms with Gasteiger partial charge in [0.15, 0.2) is 0 Å². The second kappa shape index (κ2) is 15.1. The average Bonchev–Trinajstić information content (AvgIpc) is 3.89. The number of nitrogens with zero attached hydrogens (tertiary/aromatic N) is 3. The van der Waals surface area contributed by atoms with Gasteiger partial charge in [0.1, 0.15) is 11.5 Å². The van der Waals surface area contributed by atoms with Crippen molar-refractivity contribution in [1.82, 2.24) is 19.7 Å². The van der Waals surface area contributed by atoms with Gasteiger partial charge >= 0.3 is 17.9 Å². The largest absolute Gasteiger partial charge is 0.468 e. The molecule has 13 heteroatoms. The number of aromatic nitrogens is 1. The number of likely N-dealkylation sites (N-methyl/N-ethyl adjacent to an activating group) is 1. The van der Waals surface area contributed by atoms with E-state index in [1.165, 1.54) is 26.7 Å². The normalized spacial score (nSPS) is 38.0. The van der Waals surface area contributed by atoms with Crippen LogP contribution in [0.25, 0.3) is 10.9 Å². The maximum absolute atomic E-state index is 15.3. The molecule has 2 aromatic rings. The summed E-state index contributed by atoms with van der Waals surface area (Å²) in [6.07, 6.45) is 8.73. The summed E-state index contributed by atoms with van der Waals surface area (Å²) in [5.41, 5.74) is 2.86. The third-order valence-electron chi connectivity index (χ3n) is 15.9. The molecule has 2 aliphatic carbocycles. The van der Waals surface area contributed by atoms with Gasteiger partial charge in [0.25, 0.3) is 0 Å². The first kappa shape index (κ1) is 41.3. The van der Waals surface area contributed by atoms with E-state index in [1.807, 2.05) is 11.9 Å². The van der Waals surface area contributed by atoms with E-state index in [0.717, 1.165) is 84.4 Å². The van der Waals surface area contributed by atoms with Crippen molar-refractivity contribution in [3.05, 3.63) is 70.1 Å². The number of hydrogen-bond donors (Lipinski definition) is 2. The lowest BCUT2D eigenvalue weighted by atomic mass is 9.50. The minimum absolute atomic E-state index is 0.0495. The summed E-state index contributed by atoms with van der Waals surface area (Å²) in [5, 5.41) is 14.4. The van der Waals surface area contributed by atoms with Crippen molar-refractivity contribution in [2.45, 2.75) is 101 Å². The number of aliphatic hydroxyl groups is 1. The maximum Gasteiger partial charge on any atom is 0.344 e. The van der Waals surface area contributed by atoms with Gasteiger partial charge < -0.3 is 38.7 Å². The summed E-state index contributed by atoms with van der Waals surface area (Å²) >= 11 is 0. The highest BCUT2D eigenvalue weighted by Crippen LogP contribution is 2.68. The van der Waals surface area contributed by atoms with Crippen LogP contribution in [0.3, 0.4) is 0 Å². The zero-order valence-electron chi connectivity index (χ0n) is 36.4. The number of esters is 3. The van der Waals surface area contributed by atoms with E-state index in [0.29, 0.717) is 26.0 Å². The fourth-order valence-corrected chi connectivity index (χ4v) is 13.8. The molecular weight excluding hydrogens is 765 g/mol. The number of carbonyl (C=O) groups is 3. The summed E-state index contributed by atoms with van der Waals surface area (Å²) in [6, 6.07) is 5.34. The number of benzene rings is 1. The molecule has 324 valence electrons. The average molecular weight is 827 g/mol. The molecule has 7 aliphatic rings. The van der Waals surface area contributed by atoms with E-state index in [1.54, 1.807) is 14.2 Å². The van der Waals surface area contributed by atoms with Crippen LogP contribution < -0.4 is 0 Å². The molecule has 60 heavy (non-hydrogen) atoms. The molecule has 1 aromatic heterocycles. The number of carbonyl (C=O) groups excluding carboxylic acids is 3. The van der Waals surface area contributed by atoms with Gasteiger partial charge in [0.05, 0.1) is 33.0 Å². The first-order valence-electron chi connectivity index (χ1n) is 21.9. The van der Waals surface area contributed by atoms with Crippen molar-refractivity contribution < 1.29 is 43.2 Å². The van der Waals surface area contributed by atoms with E-state index < -0.39 is 52.5 Å². The Bertz CT molecular complexity index is 2180. The van der Waals surface area contributed by atoms with Crippen molar-refractivity contribution in [1.29, 1.82) is 0 Å². The zero-order chi connectivity index (χ0) is 42.5. The molecule has 1 saturated carbocycles. The van der Waals surface area contributed by atoms with Crippen molar-refractivity contribution in [3.8, 4) is 0 Å². The van der Waals surface area contributed by atoms with E-state index >= 15 is 4.79 Å². The fraction of sp³-hybridized carbons (Fsp3) is 0.638. The first-order valence-corrected chi connectivity index (χ1v) is 21.9. The Labute approximate surface area is 353 Å². The molecular formula is C47H62N4O9. The number of H-pyrrole nitrogens is 1. The zero-order valence-corrected chi connectivity index (χ0v) is 36.4. The molecule has 0 amide bonds. The van der Waals surface area contributed by atoms with Crippen molar-refractivity contribution in [3.63, 3.8) is 0 Å². The third-order valence-corrected chi connectivity index (χ3v) is 15.9. The third kappa shape index (κ3) is 5.64. The molecule has 2 bridgehead atoms. The Morgan fingerprint density at radius 2 is 1.78 bits per heavy atom. The van der Waals surface area contributed by atoms with Gasteiger partial charge in [-0.15, -0.1) is 0 Å².